The first-order chi connectivity index (χ1) is 11.6. The van der Waals surface area contributed by atoms with Gasteiger partial charge in [-0.2, -0.15) is 0 Å². The van der Waals surface area contributed by atoms with E-state index in [-0.39, 0.29) is 11.6 Å². The minimum atomic E-state index is -1.02. The number of carboxylic acids is 1. The minimum Gasteiger partial charge on any atom is -0.477 e. The van der Waals surface area contributed by atoms with Gasteiger partial charge in [0.05, 0.1) is 0 Å². The zero-order chi connectivity index (χ0) is 16.7. The maximum atomic E-state index is 12.4. The van der Waals surface area contributed by atoms with E-state index in [1.165, 1.54) is 6.07 Å². The van der Waals surface area contributed by atoms with Crippen molar-refractivity contribution in [2.45, 2.75) is 0 Å². The number of H-pyrrole nitrogens is 2. The summed E-state index contributed by atoms with van der Waals surface area (Å²) < 4.78 is 0. The van der Waals surface area contributed by atoms with Gasteiger partial charge < -0.3 is 20.4 Å². The first-order valence-corrected chi connectivity index (χ1v) is 7.35. The third-order valence-electron chi connectivity index (χ3n) is 3.88. The maximum absolute atomic E-state index is 12.4. The van der Waals surface area contributed by atoms with Gasteiger partial charge in [-0.1, -0.05) is 18.2 Å². The number of fused-ring (bicyclic) bond motifs is 2. The molecule has 0 saturated heterocycles. The van der Waals surface area contributed by atoms with Crippen molar-refractivity contribution in [2.24, 2.45) is 0 Å². The molecule has 0 unspecified atom stereocenters. The zero-order valence-corrected chi connectivity index (χ0v) is 12.5. The van der Waals surface area contributed by atoms with Crippen molar-refractivity contribution in [3.8, 4) is 0 Å². The first-order valence-electron chi connectivity index (χ1n) is 7.35. The standard InChI is InChI=1S/C18H13N3O3/c22-17(15-8-10-3-1-2-4-13(10)20-15)19-12-5-6-14-11(7-12)9-16(21-14)18(23)24/h1-9,20-21H,(H,19,22)(H,23,24). The molecule has 0 aliphatic heterocycles. The third-order valence-corrected chi connectivity index (χ3v) is 3.88. The topological polar surface area (TPSA) is 98.0 Å². The number of carbonyl (C=O) groups excluding carboxylic acids is 1. The van der Waals surface area contributed by atoms with E-state index in [1.807, 2.05) is 24.3 Å². The highest BCUT2D eigenvalue weighted by Crippen LogP contribution is 2.21. The van der Waals surface area contributed by atoms with Gasteiger partial charge in [0.15, 0.2) is 0 Å². The number of carboxylic acid groups (broad SMARTS) is 1. The van der Waals surface area contributed by atoms with Gasteiger partial charge in [-0.25, -0.2) is 4.79 Å². The number of aromatic carboxylic acids is 1. The predicted octanol–water partition coefficient (Wildman–Crippen LogP) is 3.60. The lowest BCUT2D eigenvalue weighted by Gasteiger charge is -2.03. The summed E-state index contributed by atoms with van der Waals surface area (Å²) in [6.07, 6.45) is 0. The number of hydrogen-bond acceptors (Lipinski definition) is 2. The lowest BCUT2D eigenvalue weighted by Crippen LogP contribution is -2.11. The quantitative estimate of drug-likeness (QED) is 0.464. The van der Waals surface area contributed by atoms with Crippen molar-refractivity contribution in [3.63, 3.8) is 0 Å². The molecule has 118 valence electrons. The van der Waals surface area contributed by atoms with E-state index < -0.39 is 5.97 Å². The van der Waals surface area contributed by atoms with Crippen LogP contribution in [0, 0.1) is 0 Å². The highest BCUT2D eigenvalue weighted by molar-refractivity contribution is 6.06. The average Bonchev–Trinajstić information content (AvgIpc) is 3.18. The SMILES string of the molecule is O=C(O)c1cc2cc(NC(=O)c3cc4ccccc4[nH]3)ccc2[nH]1. The normalized spacial score (nSPS) is 11.0. The molecule has 0 fully saturated rings. The van der Waals surface area contributed by atoms with E-state index in [9.17, 15) is 9.59 Å². The number of nitrogens with one attached hydrogen (secondary N) is 3. The van der Waals surface area contributed by atoms with Crippen molar-refractivity contribution >= 4 is 39.4 Å². The number of carbonyl (C=O) groups is 2. The summed E-state index contributed by atoms with van der Waals surface area (Å²) in [4.78, 5) is 29.3. The van der Waals surface area contributed by atoms with E-state index in [0.29, 0.717) is 16.9 Å². The molecule has 4 N–H and O–H groups in total. The van der Waals surface area contributed by atoms with E-state index in [2.05, 4.69) is 15.3 Å². The molecule has 1 amide bonds. The second kappa shape index (κ2) is 5.27. The summed E-state index contributed by atoms with van der Waals surface area (Å²) >= 11 is 0. The summed E-state index contributed by atoms with van der Waals surface area (Å²) in [7, 11) is 0. The van der Waals surface area contributed by atoms with Gasteiger partial charge in [0.25, 0.3) is 5.91 Å². The Morgan fingerprint density at radius 2 is 1.54 bits per heavy atom. The van der Waals surface area contributed by atoms with Crippen LogP contribution in [0.1, 0.15) is 21.0 Å². The van der Waals surface area contributed by atoms with Gasteiger partial charge in [0, 0.05) is 27.5 Å². The number of anilines is 1. The number of para-hydroxylation sites is 1. The summed E-state index contributed by atoms with van der Waals surface area (Å²) in [6, 6.07) is 16.2. The van der Waals surface area contributed by atoms with E-state index in [0.717, 1.165) is 16.3 Å². The van der Waals surface area contributed by atoms with Crippen molar-refractivity contribution in [1.29, 1.82) is 0 Å². The summed E-state index contributed by atoms with van der Waals surface area (Å²) in [5.41, 5.74) is 2.79. The van der Waals surface area contributed by atoms with Crippen LogP contribution in [0.4, 0.5) is 5.69 Å². The highest BCUT2D eigenvalue weighted by Gasteiger charge is 2.11. The lowest BCUT2D eigenvalue weighted by atomic mass is 10.2. The van der Waals surface area contributed by atoms with Crippen LogP contribution in [-0.2, 0) is 0 Å². The molecule has 6 nitrogen and oxygen atoms in total. The minimum absolute atomic E-state index is 0.115. The Hall–Kier alpha value is -3.54. The molecule has 0 saturated carbocycles. The Labute approximate surface area is 136 Å². The largest absolute Gasteiger partial charge is 0.477 e. The Morgan fingerprint density at radius 1 is 0.833 bits per heavy atom. The van der Waals surface area contributed by atoms with Crippen LogP contribution in [0.15, 0.2) is 54.6 Å². The molecule has 4 aromatic rings. The molecule has 2 aromatic heterocycles. The molecule has 2 heterocycles. The Bertz CT molecular complexity index is 1060. The van der Waals surface area contributed by atoms with Gasteiger partial charge in [0.1, 0.15) is 11.4 Å². The van der Waals surface area contributed by atoms with Gasteiger partial charge in [-0.15, -0.1) is 0 Å². The van der Waals surface area contributed by atoms with Crippen molar-refractivity contribution in [3.05, 3.63) is 66.0 Å². The zero-order valence-electron chi connectivity index (χ0n) is 12.5. The van der Waals surface area contributed by atoms with E-state index in [1.54, 1.807) is 24.3 Å². The highest BCUT2D eigenvalue weighted by atomic mass is 16.4. The third kappa shape index (κ3) is 2.40. The van der Waals surface area contributed by atoms with Crippen molar-refractivity contribution in [2.75, 3.05) is 5.32 Å². The molecule has 4 rings (SSSR count). The molecule has 0 radical (unpaired) electrons. The van der Waals surface area contributed by atoms with Gasteiger partial charge in [-0.05, 0) is 36.4 Å². The van der Waals surface area contributed by atoms with Crippen LogP contribution in [0.5, 0.6) is 0 Å². The molecule has 0 bridgehead atoms. The molecule has 24 heavy (non-hydrogen) atoms. The Kier molecular flexibility index (Phi) is 3.09. The fourth-order valence-electron chi connectivity index (χ4n) is 2.72. The number of benzene rings is 2. The molecular formula is C18H13N3O3. The molecule has 0 aliphatic rings. The molecule has 0 atom stereocenters. The number of amides is 1. The van der Waals surface area contributed by atoms with Crippen LogP contribution < -0.4 is 5.32 Å². The molecular weight excluding hydrogens is 306 g/mol. The van der Waals surface area contributed by atoms with Crippen LogP contribution in [0.25, 0.3) is 21.8 Å². The number of rotatable bonds is 3. The molecule has 0 spiro atoms. The lowest BCUT2D eigenvalue weighted by molar-refractivity contribution is 0.0691. The van der Waals surface area contributed by atoms with Crippen LogP contribution in [0.2, 0.25) is 0 Å². The second-order valence-electron chi connectivity index (χ2n) is 5.51. The molecule has 6 heteroatoms. The number of hydrogen-bond donors (Lipinski definition) is 4. The number of aromatic nitrogens is 2. The summed E-state index contributed by atoms with van der Waals surface area (Å²) in [6.45, 7) is 0. The van der Waals surface area contributed by atoms with Crippen LogP contribution in [0.3, 0.4) is 0 Å². The fourth-order valence-corrected chi connectivity index (χ4v) is 2.72. The monoisotopic (exact) mass is 319 g/mol. The molecule has 2 aromatic carbocycles. The van der Waals surface area contributed by atoms with Crippen LogP contribution >= 0.6 is 0 Å². The second-order valence-corrected chi connectivity index (χ2v) is 5.51. The van der Waals surface area contributed by atoms with Crippen molar-refractivity contribution in [1.82, 2.24) is 9.97 Å². The smallest absolute Gasteiger partial charge is 0.352 e. The van der Waals surface area contributed by atoms with E-state index >= 15 is 0 Å². The summed E-state index contributed by atoms with van der Waals surface area (Å²) in [5.74, 6) is -1.27. The maximum Gasteiger partial charge on any atom is 0.352 e. The van der Waals surface area contributed by atoms with Gasteiger partial charge >= 0.3 is 5.97 Å². The predicted molar refractivity (Wildman–Crippen MR) is 91.5 cm³/mol. The molecule has 0 aliphatic carbocycles. The van der Waals surface area contributed by atoms with Crippen LogP contribution in [-0.4, -0.2) is 27.0 Å². The van der Waals surface area contributed by atoms with Gasteiger partial charge in [0.2, 0.25) is 0 Å². The number of aromatic amines is 2. The Morgan fingerprint density at radius 3 is 2.33 bits per heavy atom. The van der Waals surface area contributed by atoms with Crippen molar-refractivity contribution < 1.29 is 14.7 Å². The first kappa shape index (κ1) is 14.1. The summed E-state index contributed by atoms with van der Waals surface area (Å²) in [5, 5.41) is 13.5. The average molecular weight is 319 g/mol. The Balaban J connectivity index is 1.62. The van der Waals surface area contributed by atoms with E-state index in [4.69, 9.17) is 5.11 Å². The fraction of sp³-hybridized carbons (Fsp3) is 0. The van der Waals surface area contributed by atoms with Gasteiger partial charge in [-0.3, -0.25) is 4.79 Å².